The second-order valence-corrected chi connectivity index (χ2v) is 7.79. The summed E-state index contributed by atoms with van der Waals surface area (Å²) >= 11 is 1.25. The molecule has 0 saturated carbocycles. The van der Waals surface area contributed by atoms with Crippen molar-refractivity contribution < 1.29 is 18.3 Å². The minimum absolute atomic E-state index is 0.130. The molecule has 0 amide bonds. The highest BCUT2D eigenvalue weighted by Gasteiger charge is 2.35. The number of sulfonamides is 1. The average molecular weight is 291 g/mol. The fourth-order valence-electron chi connectivity index (χ4n) is 1.91. The van der Waals surface area contributed by atoms with Crippen LogP contribution in [0.3, 0.4) is 0 Å². The van der Waals surface area contributed by atoms with E-state index in [1.807, 2.05) is 13.8 Å². The van der Waals surface area contributed by atoms with Crippen LogP contribution in [0, 0.1) is 0 Å². The first-order chi connectivity index (χ1) is 8.35. The van der Waals surface area contributed by atoms with Crippen molar-refractivity contribution in [1.82, 2.24) is 4.31 Å². The van der Waals surface area contributed by atoms with Gasteiger partial charge in [0, 0.05) is 23.3 Å². The zero-order valence-corrected chi connectivity index (χ0v) is 12.1. The monoisotopic (exact) mass is 291 g/mol. The minimum atomic E-state index is -3.47. The third kappa shape index (κ3) is 2.75. The number of aliphatic hydroxyl groups is 1. The lowest BCUT2D eigenvalue weighted by Gasteiger charge is -2.37. The third-order valence-electron chi connectivity index (χ3n) is 2.81. The summed E-state index contributed by atoms with van der Waals surface area (Å²) in [7, 11) is -3.47. The molecule has 102 valence electrons. The Kier molecular flexibility index (Phi) is 3.80. The molecule has 1 aliphatic heterocycles. The van der Waals surface area contributed by atoms with Crippen molar-refractivity contribution in [2.45, 2.75) is 31.0 Å². The van der Waals surface area contributed by atoms with Crippen LogP contribution in [0.1, 0.15) is 18.7 Å². The summed E-state index contributed by atoms with van der Waals surface area (Å²) < 4.78 is 31.8. The van der Waals surface area contributed by atoms with Crippen LogP contribution < -0.4 is 0 Å². The standard InChI is InChI=1S/C11H17NO4S2/c1-11(2)8-12(3-4-16-11)18(14,15)10-5-9(6-13)17-7-10/h5,7,13H,3-4,6,8H2,1-2H3. The molecule has 2 rings (SSSR count). The molecule has 1 aromatic rings. The third-order valence-corrected chi connectivity index (χ3v) is 5.71. The molecule has 7 heteroatoms. The van der Waals surface area contributed by atoms with E-state index >= 15 is 0 Å². The number of rotatable bonds is 3. The Hall–Kier alpha value is -0.470. The maximum Gasteiger partial charge on any atom is 0.244 e. The van der Waals surface area contributed by atoms with Crippen LogP contribution in [-0.4, -0.2) is 43.1 Å². The normalized spacial score (nSPS) is 21.1. The van der Waals surface area contributed by atoms with Crippen molar-refractivity contribution in [3.8, 4) is 0 Å². The highest BCUT2D eigenvalue weighted by molar-refractivity contribution is 7.89. The van der Waals surface area contributed by atoms with E-state index in [1.54, 1.807) is 5.38 Å². The van der Waals surface area contributed by atoms with Gasteiger partial charge in [-0.15, -0.1) is 11.3 Å². The first-order valence-corrected chi connectivity index (χ1v) is 7.99. The number of ether oxygens (including phenoxy) is 1. The molecule has 0 atom stereocenters. The van der Waals surface area contributed by atoms with Gasteiger partial charge in [-0.3, -0.25) is 0 Å². The molecule has 0 aliphatic carbocycles. The van der Waals surface area contributed by atoms with E-state index in [1.165, 1.54) is 21.7 Å². The second-order valence-electron chi connectivity index (χ2n) is 4.85. The molecule has 1 N–H and O–H groups in total. The Bertz CT molecular complexity index is 521. The smallest absolute Gasteiger partial charge is 0.244 e. The Morgan fingerprint density at radius 3 is 2.83 bits per heavy atom. The molecule has 1 aliphatic rings. The van der Waals surface area contributed by atoms with Crippen LogP contribution in [0.15, 0.2) is 16.3 Å². The minimum Gasteiger partial charge on any atom is -0.391 e. The van der Waals surface area contributed by atoms with Crippen molar-refractivity contribution in [2.75, 3.05) is 19.7 Å². The van der Waals surface area contributed by atoms with E-state index in [9.17, 15) is 8.42 Å². The van der Waals surface area contributed by atoms with Crippen molar-refractivity contribution >= 4 is 21.4 Å². The number of hydrogen-bond donors (Lipinski definition) is 1. The molecule has 5 nitrogen and oxygen atoms in total. The van der Waals surface area contributed by atoms with Gasteiger partial charge in [-0.2, -0.15) is 4.31 Å². The van der Waals surface area contributed by atoms with Crippen LogP contribution in [0.5, 0.6) is 0 Å². The highest BCUT2D eigenvalue weighted by Crippen LogP contribution is 2.26. The Morgan fingerprint density at radius 1 is 1.56 bits per heavy atom. The molecule has 18 heavy (non-hydrogen) atoms. The van der Waals surface area contributed by atoms with Gasteiger partial charge in [0.1, 0.15) is 0 Å². The van der Waals surface area contributed by atoms with Gasteiger partial charge in [0.15, 0.2) is 0 Å². The van der Waals surface area contributed by atoms with E-state index in [2.05, 4.69) is 0 Å². The Labute approximate surface area is 111 Å². The van der Waals surface area contributed by atoms with Gasteiger partial charge in [-0.05, 0) is 19.9 Å². The summed E-state index contributed by atoms with van der Waals surface area (Å²) in [5.74, 6) is 0. The number of nitrogens with zero attached hydrogens (tertiary/aromatic N) is 1. The second kappa shape index (κ2) is 4.90. The fraction of sp³-hybridized carbons (Fsp3) is 0.636. The predicted octanol–water partition coefficient (Wildman–Crippen LogP) is 1.04. The average Bonchev–Trinajstić information content (AvgIpc) is 2.76. The molecular formula is C11H17NO4S2. The molecule has 0 spiro atoms. The highest BCUT2D eigenvalue weighted by atomic mass is 32.2. The number of aliphatic hydroxyl groups excluding tert-OH is 1. The van der Waals surface area contributed by atoms with E-state index in [-0.39, 0.29) is 11.5 Å². The molecule has 0 unspecified atom stereocenters. The molecular weight excluding hydrogens is 274 g/mol. The molecule has 0 bridgehead atoms. The molecule has 1 fully saturated rings. The molecule has 0 aromatic carbocycles. The van der Waals surface area contributed by atoms with Gasteiger partial charge >= 0.3 is 0 Å². The summed E-state index contributed by atoms with van der Waals surface area (Å²) in [6, 6.07) is 1.53. The molecule has 0 radical (unpaired) electrons. The van der Waals surface area contributed by atoms with E-state index in [0.29, 0.717) is 24.6 Å². The van der Waals surface area contributed by atoms with Gasteiger partial charge in [0.25, 0.3) is 0 Å². The molecule has 1 aromatic heterocycles. The Morgan fingerprint density at radius 2 is 2.28 bits per heavy atom. The van der Waals surface area contributed by atoms with Gasteiger partial charge in [0.05, 0.1) is 23.7 Å². The van der Waals surface area contributed by atoms with Crippen molar-refractivity contribution in [3.63, 3.8) is 0 Å². The lowest BCUT2D eigenvalue weighted by molar-refractivity contribution is -0.0640. The number of thiophene rings is 1. The van der Waals surface area contributed by atoms with Gasteiger partial charge in [0.2, 0.25) is 10.0 Å². The van der Waals surface area contributed by atoms with E-state index in [4.69, 9.17) is 9.84 Å². The Balaban J connectivity index is 2.25. The lowest BCUT2D eigenvalue weighted by atomic mass is 10.1. The first kappa shape index (κ1) is 14.0. The van der Waals surface area contributed by atoms with Crippen molar-refractivity contribution in [1.29, 1.82) is 0 Å². The van der Waals surface area contributed by atoms with Crippen LogP contribution in [-0.2, 0) is 21.4 Å². The van der Waals surface area contributed by atoms with Gasteiger partial charge < -0.3 is 9.84 Å². The van der Waals surface area contributed by atoms with Crippen LogP contribution in [0.25, 0.3) is 0 Å². The maximum absolute atomic E-state index is 12.4. The first-order valence-electron chi connectivity index (χ1n) is 5.67. The van der Waals surface area contributed by atoms with Gasteiger partial charge in [-0.25, -0.2) is 8.42 Å². The summed E-state index contributed by atoms with van der Waals surface area (Å²) in [6.45, 7) is 4.75. The summed E-state index contributed by atoms with van der Waals surface area (Å²) in [6.07, 6.45) is 0. The summed E-state index contributed by atoms with van der Waals surface area (Å²) in [4.78, 5) is 0.912. The maximum atomic E-state index is 12.4. The SMILES string of the molecule is CC1(C)CN(S(=O)(=O)c2csc(CO)c2)CCO1. The van der Waals surface area contributed by atoms with E-state index in [0.717, 1.165) is 0 Å². The number of hydrogen-bond acceptors (Lipinski definition) is 5. The number of morpholine rings is 1. The topological polar surface area (TPSA) is 66.8 Å². The summed E-state index contributed by atoms with van der Waals surface area (Å²) in [5, 5.41) is 10.6. The zero-order chi connectivity index (χ0) is 13.4. The van der Waals surface area contributed by atoms with Crippen LogP contribution in [0.2, 0.25) is 0 Å². The van der Waals surface area contributed by atoms with E-state index < -0.39 is 15.6 Å². The molecule has 2 heterocycles. The van der Waals surface area contributed by atoms with Gasteiger partial charge in [-0.1, -0.05) is 0 Å². The molecule has 1 saturated heterocycles. The van der Waals surface area contributed by atoms with Crippen molar-refractivity contribution in [2.24, 2.45) is 0 Å². The summed E-state index contributed by atoms with van der Waals surface area (Å²) in [5.41, 5.74) is -0.457. The predicted molar refractivity (Wildman–Crippen MR) is 69.0 cm³/mol. The van der Waals surface area contributed by atoms with Crippen molar-refractivity contribution in [3.05, 3.63) is 16.3 Å². The largest absolute Gasteiger partial charge is 0.391 e. The zero-order valence-electron chi connectivity index (χ0n) is 10.4. The quantitative estimate of drug-likeness (QED) is 0.903. The van der Waals surface area contributed by atoms with Crippen LogP contribution in [0.4, 0.5) is 0 Å². The van der Waals surface area contributed by atoms with Crippen LogP contribution >= 0.6 is 11.3 Å². The lowest BCUT2D eigenvalue weighted by Crippen LogP contribution is -2.50. The fourth-order valence-corrected chi connectivity index (χ4v) is 4.60.